The molecule has 1 aromatic carbocycles. The van der Waals surface area contributed by atoms with Gasteiger partial charge in [-0.1, -0.05) is 26.0 Å². The van der Waals surface area contributed by atoms with Gasteiger partial charge < -0.3 is 10.1 Å². The van der Waals surface area contributed by atoms with Crippen molar-refractivity contribution in [2.45, 2.75) is 46.7 Å². The summed E-state index contributed by atoms with van der Waals surface area (Å²) in [6, 6.07) is 4.85. The molecule has 0 spiro atoms. The number of rotatable bonds is 6. The fourth-order valence-corrected chi connectivity index (χ4v) is 1.90. The lowest BCUT2D eigenvalue weighted by molar-refractivity contribution is 0.322. The van der Waals surface area contributed by atoms with Crippen LogP contribution in [0.5, 0.6) is 5.75 Å². The third-order valence-corrected chi connectivity index (χ3v) is 2.73. The average molecular weight is 245 g/mol. The monoisotopic (exact) mass is 245 g/mol. The summed E-state index contributed by atoms with van der Waals surface area (Å²) in [5.41, 5.74) is 3.64. The van der Waals surface area contributed by atoms with Crippen molar-refractivity contribution < 1.29 is 4.74 Å². The molecule has 0 saturated carbocycles. The molecular weight excluding hydrogens is 222 g/mol. The van der Waals surface area contributed by atoms with Crippen molar-refractivity contribution in [1.29, 1.82) is 0 Å². The second-order valence-corrected chi connectivity index (χ2v) is 4.90. The van der Waals surface area contributed by atoms with Gasteiger partial charge in [-0.3, -0.25) is 0 Å². The SMILES string of the molecule is C#CCCOc1c(C)cc(CNC(C)C)cc1C. The zero-order valence-electron chi connectivity index (χ0n) is 11.8. The highest BCUT2D eigenvalue weighted by Gasteiger charge is 2.06. The van der Waals surface area contributed by atoms with Gasteiger partial charge in [-0.2, -0.15) is 0 Å². The molecule has 18 heavy (non-hydrogen) atoms. The number of benzene rings is 1. The van der Waals surface area contributed by atoms with E-state index in [0.29, 0.717) is 19.1 Å². The van der Waals surface area contributed by atoms with Crippen molar-refractivity contribution in [3.8, 4) is 18.1 Å². The number of nitrogens with one attached hydrogen (secondary N) is 1. The van der Waals surface area contributed by atoms with Crippen LogP contribution in [0.2, 0.25) is 0 Å². The fourth-order valence-electron chi connectivity index (χ4n) is 1.90. The van der Waals surface area contributed by atoms with Crippen LogP contribution >= 0.6 is 0 Å². The van der Waals surface area contributed by atoms with E-state index >= 15 is 0 Å². The van der Waals surface area contributed by atoms with E-state index in [2.05, 4.69) is 51.1 Å². The van der Waals surface area contributed by atoms with E-state index in [0.717, 1.165) is 12.3 Å². The zero-order valence-corrected chi connectivity index (χ0v) is 11.8. The Kier molecular flexibility index (Phi) is 5.74. The molecule has 0 saturated heterocycles. The van der Waals surface area contributed by atoms with Crippen LogP contribution < -0.4 is 10.1 Å². The Morgan fingerprint density at radius 3 is 2.39 bits per heavy atom. The lowest BCUT2D eigenvalue weighted by Gasteiger charge is -2.14. The lowest BCUT2D eigenvalue weighted by atomic mass is 10.1. The van der Waals surface area contributed by atoms with Gasteiger partial charge in [-0.25, -0.2) is 0 Å². The number of ether oxygens (including phenoxy) is 1. The van der Waals surface area contributed by atoms with Gasteiger partial charge in [0.15, 0.2) is 0 Å². The molecule has 0 heterocycles. The van der Waals surface area contributed by atoms with Gasteiger partial charge in [0, 0.05) is 19.0 Å². The first-order valence-electron chi connectivity index (χ1n) is 6.44. The molecule has 0 atom stereocenters. The number of hydrogen-bond acceptors (Lipinski definition) is 2. The maximum absolute atomic E-state index is 5.73. The Morgan fingerprint density at radius 2 is 1.89 bits per heavy atom. The molecule has 1 rings (SSSR count). The van der Waals surface area contributed by atoms with Crippen LogP contribution in [0.25, 0.3) is 0 Å². The average Bonchev–Trinajstić information content (AvgIpc) is 2.30. The Labute approximate surface area is 111 Å². The molecule has 0 radical (unpaired) electrons. The normalized spacial score (nSPS) is 10.4. The van der Waals surface area contributed by atoms with E-state index in [1.807, 2.05) is 0 Å². The molecule has 1 N–H and O–H groups in total. The van der Waals surface area contributed by atoms with E-state index in [9.17, 15) is 0 Å². The van der Waals surface area contributed by atoms with E-state index < -0.39 is 0 Å². The van der Waals surface area contributed by atoms with Crippen molar-refractivity contribution in [2.24, 2.45) is 0 Å². The van der Waals surface area contributed by atoms with Crippen LogP contribution in [-0.4, -0.2) is 12.6 Å². The highest BCUT2D eigenvalue weighted by atomic mass is 16.5. The zero-order chi connectivity index (χ0) is 13.5. The van der Waals surface area contributed by atoms with Crippen LogP contribution in [0.1, 0.15) is 37.0 Å². The molecular formula is C16H23NO. The van der Waals surface area contributed by atoms with Gasteiger partial charge in [0.1, 0.15) is 5.75 Å². The van der Waals surface area contributed by atoms with Gasteiger partial charge in [0.2, 0.25) is 0 Å². The second kappa shape index (κ2) is 7.08. The van der Waals surface area contributed by atoms with Crippen molar-refractivity contribution >= 4 is 0 Å². The second-order valence-electron chi connectivity index (χ2n) is 4.90. The topological polar surface area (TPSA) is 21.3 Å². The van der Waals surface area contributed by atoms with Gasteiger partial charge >= 0.3 is 0 Å². The number of aryl methyl sites for hydroxylation is 2. The predicted octanol–water partition coefficient (Wildman–Crippen LogP) is 3.20. The lowest BCUT2D eigenvalue weighted by Crippen LogP contribution is -2.21. The van der Waals surface area contributed by atoms with Gasteiger partial charge in [-0.15, -0.1) is 12.3 Å². The van der Waals surface area contributed by atoms with Crippen LogP contribution in [0.4, 0.5) is 0 Å². The third kappa shape index (κ3) is 4.43. The fraction of sp³-hybridized carbons (Fsp3) is 0.500. The summed E-state index contributed by atoms with van der Waals surface area (Å²) in [5.74, 6) is 3.56. The molecule has 0 aliphatic heterocycles. The summed E-state index contributed by atoms with van der Waals surface area (Å²) in [5, 5.41) is 3.42. The van der Waals surface area contributed by atoms with Crippen molar-refractivity contribution in [2.75, 3.05) is 6.61 Å². The number of hydrogen-bond donors (Lipinski definition) is 1. The van der Waals surface area contributed by atoms with Crippen LogP contribution in [0, 0.1) is 26.2 Å². The minimum absolute atomic E-state index is 0.497. The van der Waals surface area contributed by atoms with Gasteiger partial charge in [0.05, 0.1) is 6.61 Å². The first-order valence-corrected chi connectivity index (χ1v) is 6.44. The summed E-state index contributed by atoms with van der Waals surface area (Å²) in [6.07, 6.45) is 5.87. The highest BCUT2D eigenvalue weighted by molar-refractivity contribution is 5.43. The molecule has 1 aromatic rings. The quantitative estimate of drug-likeness (QED) is 0.614. The molecule has 0 aliphatic carbocycles. The van der Waals surface area contributed by atoms with Gasteiger partial charge in [0.25, 0.3) is 0 Å². The van der Waals surface area contributed by atoms with Gasteiger partial charge in [-0.05, 0) is 30.5 Å². The summed E-state index contributed by atoms with van der Waals surface area (Å²) < 4.78 is 5.73. The van der Waals surface area contributed by atoms with Crippen molar-refractivity contribution in [3.63, 3.8) is 0 Å². The standard InChI is InChI=1S/C16H23NO/c1-6-7-8-18-16-13(4)9-15(10-14(16)5)11-17-12(2)3/h1,9-10,12,17H,7-8,11H2,2-5H3. The first kappa shape index (κ1) is 14.6. The molecule has 98 valence electrons. The predicted molar refractivity (Wildman–Crippen MR) is 76.8 cm³/mol. The Bertz CT molecular complexity index is 406. The molecule has 2 nitrogen and oxygen atoms in total. The maximum atomic E-state index is 5.73. The highest BCUT2D eigenvalue weighted by Crippen LogP contribution is 2.25. The third-order valence-electron chi connectivity index (χ3n) is 2.73. The minimum atomic E-state index is 0.497. The van der Waals surface area contributed by atoms with E-state index in [1.54, 1.807) is 0 Å². The first-order chi connectivity index (χ1) is 8.54. The smallest absolute Gasteiger partial charge is 0.125 e. The maximum Gasteiger partial charge on any atom is 0.125 e. The molecule has 0 unspecified atom stereocenters. The summed E-state index contributed by atoms with van der Waals surface area (Å²) in [4.78, 5) is 0. The Balaban J connectivity index is 2.74. The number of terminal acetylenes is 1. The van der Waals surface area contributed by atoms with E-state index in [4.69, 9.17) is 11.2 Å². The van der Waals surface area contributed by atoms with Crippen molar-refractivity contribution in [3.05, 3.63) is 28.8 Å². The molecule has 0 aliphatic rings. The Morgan fingerprint density at radius 1 is 1.28 bits per heavy atom. The summed E-state index contributed by atoms with van der Waals surface area (Å²) in [7, 11) is 0. The molecule has 0 aromatic heterocycles. The molecule has 0 bridgehead atoms. The van der Waals surface area contributed by atoms with Crippen LogP contribution in [0.3, 0.4) is 0 Å². The van der Waals surface area contributed by atoms with Crippen LogP contribution in [0.15, 0.2) is 12.1 Å². The summed E-state index contributed by atoms with van der Waals surface area (Å²) >= 11 is 0. The summed E-state index contributed by atoms with van der Waals surface area (Å²) in [6.45, 7) is 9.94. The molecule has 0 fully saturated rings. The minimum Gasteiger partial charge on any atom is -0.492 e. The van der Waals surface area contributed by atoms with E-state index in [1.165, 1.54) is 16.7 Å². The van der Waals surface area contributed by atoms with Crippen molar-refractivity contribution in [1.82, 2.24) is 5.32 Å². The molecule has 0 amide bonds. The Hall–Kier alpha value is -1.46. The largest absolute Gasteiger partial charge is 0.492 e. The molecule has 2 heteroatoms. The van der Waals surface area contributed by atoms with Crippen LogP contribution in [-0.2, 0) is 6.54 Å². The van der Waals surface area contributed by atoms with E-state index in [-0.39, 0.29) is 0 Å².